The van der Waals surface area contributed by atoms with Crippen LogP contribution in [0.25, 0.3) is 11.3 Å². The van der Waals surface area contributed by atoms with Crippen LogP contribution in [0.3, 0.4) is 0 Å². The van der Waals surface area contributed by atoms with Gasteiger partial charge in [0.25, 0.3) is 11.5 Å². The van der Waals surface area contributed by atoms with Crippen LogP contribution in [0.4, 0.5) is 0 Å². The Hall–Kier alpha value is -3.22. The summed E-state index contributed by atoms with van der Waals surface area (Å²) in [5, 5.41) is 11.8. The minimum Gasteiger partial charge on any atom is -0.337 e. The second kappa shape index (κ2) is 7.89. The summed E-state index contributed by atoms with van der Waals surface area (Å²) in [5.41, 5.74) is 2.94. The summed E-state index contributed by atoms with van der Waals surface area (Å²) in [6.45, 7) is 7.38. The largest absolute Gasteiger partial charge is 0.337 e. The zero-order valence-electron chi connectivity index (χ0n) is 17.6. The molecule has 4 rings (SSSR count). The number of nitrogens with one attached hydrogen (secondary N) is 1. The molecule has 3 aromatic rings. The fraction of sp³-hybridized carbons (Fsp3) is 0.391. The molecule has 1 aliphatic rings. The maximum atomic E-state index is 12.8. The van der Waals surface area contributed by atoms with E-state index in [2.05, 4.69) is 36.1 Å². The molecular formula is C23H27N5O2. The van der Waals surface area contributed by atoms with Crippen molar-refractivity contribution in [1.29, 1.82) is 0 Å². The van der Waals surface area contributed by atoms with E-state index in [1.165, 1.54) is 0 Å². The highest BCUT2D eigenvalue weighted by Gasteiger charge is 2.28. The number of hydrogen-bond acceptors (Lipinski definition) is 4. The zero-order valence-corrected chi connectivity index (χ0v) is 17.6. The predicted molar refractivity (Wildman–Crippen MR) is 115 cm³/mol. The van der Waals surface area contributed by atoms with Crippen LogP contribution in [0.15, 0.2) is 53.3 Å². The lowest BCUT2D eigenvalue weighted by Gasteiger charge is -2.32. The van der Waals surface area contributed by atoms with Crippen molar-refractivity contribution >= 4 is 5.91 Å². The van der Waals surface area contributed by atoms with Crippen LogP contribution in [-0.2, 0) is 5.41 Å². The van der Waals surface area contributed by atoms with E-state index < -0.39 is 0 Å². The van der Waals surface area contributed by atoms with Gasteiger partial charge in [-0.25, -0.2) is 4.68 Å². The molecule has 30 heavy (non-hydrogen) atoms. The SMILES string of the molecule is CC(C)(C)c1cc(C(=O)N2CCC(n3nc(-c4ccccc4)ccc3=O)CC2)n[nH]1. The molecule has 1 aromatic carbocycles. The number of likely N-dealkylation sites (tertiary alicyclic amines) is 1. The number of benzene rings is 1. The molecule has 0 radical (unpaired) electrons. The minimum absolute atomic E-state index is 0.0190. The molecule has 7 heteroatoms. The molecule has 0 spiro atoms. The molecule has 0 unspecified atom stereocenters. The Kier molecular flexibility index (Phi) is 5.28. The number of amides is 1. The number of H-pyrrole nitrogens is 1. The van der Waals surface area contributed by atoms with Crippen LogP contribution in [-0.4, -0.2) is 43.9 Å². The first-order valence-corrected chi connectivity index (χ1v) is 10.3. The van der Waals surface area contributed by atoms with Crippen LogP contribution in [0.2, 0.25) is 0 Å². The summed E-state index contributed by atoms with van der Waals surface area (Å²) >= 11 is 0. The summed E-state index contributed by atoms with van der Waals surface area (Å²) in [5.74, 6) is -0.0708. The van der Waals surface area contributed by atoms with E-state index in [1.54, 1.807) is 16.8 Å². The van der Waals surface area contributed by atoms with E-state index in [4.69, 9.17) is 0 Å². The molecule has 3 heterocycles. The van der Waals surface area contributed by atoms with Crippen molar-refractivity contribution in [2.75, 3.05) is 13.1 Å². The third kappa shape index (κ3) is 4.06. The minimum atomic E-state index is -0.110. The summed E-state index contributed by atoms with van der Waals surface area (Å²) in [6, 6.07) is 15.0. The molecular weight excluding hydrogens is 378 g/mol. The first kappa shape index (κ1) is 20.1. The van der Waals surface area contributed by atoms with E-state index in [-0.39, 0.29) is 22.9 Å². The van der Waals surface area contributed by atoms with Crippen molar-refractivity contribution in [2.24, 2.45) is 0 Å². The molecule has 1 fully saturated rings. The summed E-state index contributed by atoms with van der Waals surface area (Å²) in [4.78, 5) is 27.1. The molecule has 7 nitrogen and oxygen atoms in total. The van der Waals surface area contributed by atoms with E-state index in [0.29, 0.717) is 31.6 Å². The molecule has 0 atom stereocenters. The lowest BCUT2D eigenvalue weighted by molar-refractivity contribution is 0.0682. The van der Waals surface area contributed by atoms with Crippen molar-refractivity contribution in [3.05, 3.63) is 70.3 Å². The monoisotopic (exact) mass is 405 g/mol. The first-order chi connectivity index (χ1) is 14.3. The Balaban J connectivity index is 1.46. The van der Waals surface area contributed by atoms with Gasteiger partial charge in [-0.15, -0.1) is 0 Å². The molecule has 1 N–H and O–H groups in total. The smallest absolute Gasteiger partial charge is 0.274 e. The van der Waals surface area contributed by atoms with Gasteiger partial charge in [-0.2, -0.15) is 10.2 Å². The van der Waals surface area contributed by atoms with Crippen LogP contribution in [0.5, 0.6) is 0 Å². The zero-order chi connectivity index (χ0) is 21.3. The Bertz CT molecular complexity index is 1090. The Morgan fingerprint density at radius 2 is 1.77 bits per heavy atom. The van der Waals surface area contributed by atoms with Crippen LogP contribution >= 0.6 is 0 Å². The molecule has 0 aliphatic carbocycles. The van der Waals surface area contributed by atoms with Crippen LogP contribution in [0, 0.1) is 0 Å². The lowest BCUT2D eigenvalue weighted by Crippen LogP contribution is -2.41. The maximum Gasteiger partial charge on any atom is 0.274 e. The van der Waals surface area contributed by atoms with Gasteiger partial charge in [0.1, 0.15) is 5.69 Å². The highest BCUT2D eigenvalue weighted by atomic mass is 16.2. The van der Waals surface area contributed by atoms with Gasteiger partial charge in [0.15, 0.2) is 0 Å². The topological polar surface area (TPSA) is 83.9 Å². The highest BCUT2D eigenvalue weighted by Crippen LogP contribution is 2.25. The van der Waals surface area contributed by atoms with Crippen LogP contribution in [0.1, 0.15) is 55.8 Å². The average Bonchev–Trinajstić information content (AvgIpc) is 3.25. The fourth-order valence-electron chi connectivity index (χ4n) is 3.74. The quantitative estimate of drug-likeness (QED) is 0.724. The molecule has 0 bridgehead atoms. The van der Waals surface area contributed by atoms with Gasteiger partial charge in [0.2, 0.25) is 0 Å². The third-order valence-electron chi connectivity index (χ3n) is 5.60. The van der Waals surface area contributed by atoms with Gasteiger partial charge in [0, 0.05) is 35.8 Å². The molecule has 2 aromatic heterocycles. The normalized spacial score (nSPS) is 15.4. The number of piperidine rings is 1. The van der Waals surface area contributed by atoms with E-state index in [0.717, 1.165) is 17.0 Å². The van der Waals surface area contributed by atoms with Crippen molar-refractivity contribution in [3.8, 4) is 11.3 Å². The first-order valence-electron chi connectivity index (χ1n) is 10.3. The predicted octanol–water partition coefficient (Wildman–Crippen LogP) is 3.41. The van der Waals surface area contributed by atoms with Crippen molar-refractivity contribution in [2.45, 2.75) is 45.1 Å². The van der Waals surface area contributed by atoms with Gasteiger partial charge in [0.05, 0.1) is 11.7 Å². The van der Waals surface area contributed by atoms with Crippen LogP contribution < -0.4 is 5.56 Å². The number of rotatable bonds is 3. The van der Waals surface area contributed by atoms with E-state index in [9.17, 15) is 9.59 Å². The Morgan fingerprint density at radius 1 is 1.07 bits per heavy atom. The summed E-state index contributed by atoms with van der Waals surface area (Å²) in [7, 11) is 0. The number of nitrogens with zero attached hydrogens (tertiary/aromatic N) is 4. The Labute approximate surface area is 175 Å². The average molecular weight is 406 g/mol. The lowest BCUT2D eigenvalue weighted by atomic mass is 9.92. The second-order valence-corrected chi connectivity index (χ2v) is 8.81. The number of carbonyl (C=O) groups excluding carboxylic acids is 1. The molecule has 1 aliphatic heterocycles. The van der Waals surface area contributed by atoms with Crippen molar-refractivity contribution < 1.29 is 4.79 Å². The van der Waals surface area contributed by atoms with Gasteiger partial charge in [-0.05, 0) is 25.0 Å². The van der Waals surface area contributed by atoms with Gasteiger partial charge >= 0.3 is 0 Å². The summed E-state index contributed by atoms with van der Waals surface area (Å²) in [6.07, 6.45) is 1.38. The molecule has 1 saturated heterocycles. The molecule has 1 amide bonds. The van der Waals surface area contributed by atoms with Crippen molar-refractivity contribution in [1.82, 2.24) is 24.9 Å². The Morgan fingerprint density at radius 3 is 2.40 bits per heavy atom. The van der Waals surface area contributed by atoms with Gasteiger partial charge in [-0.3, -0.25) is 14.7 Å². The van der Waals surface area contributed by atoms with Gasteiger partial charge < -0.3 is 4.90 Å². The summed E-state index contributed by atoms with van der Waals surface area (Å²) < 4.78 is 1.58. The third-order valence-corrected chi connectivity index (χ3v) is 5.60. The van der Waals surface area contributed by atoms with E-state index in [1.807, 2.05) is 41.3 Å². The number of aromatic amines is 1. The highest BCUT2D eigenvalue weighted by molar-refractivity contribution is 5.92. The standard InChI is InChI=1S/C23H27N5O2/c1-23(2,3)20-15-19(24-25-20)22(30)27-13-11-17(12-14-27)28-21(29)10-9-18(26-28)16-7-5-4-6-8-16/h4-10,15,17H,11-14H2,1-3H3,(H,24,25). The maximum absolute atomic E-state index is 12.8. The van der Waals surface area contributed by atoms with Crippen molar-refractivity contribution in [3.63, 3.8) is 0 Å². The van der Waals surface area contributed by atoms with Gasteiger partial charge in [-0.1, -0.05) is 51.1 Å². The fourth-order valence-corrected chi connectivity index (χ4v) is 3.74. The number of hydrogen-bond donors (Lipinski definition) is 1. The van der Waals surface area contributed by atoms with E-state index >= 15 is 0 Å². The molecule has 156 valence electrons. The second-order valence-electron chi connectivity index (χ2n) is 8.81. The molecule has 0 saturated carbocycles. The number of carbonyl (C=O) groups is 1. The number of aromatic nitrogens is 4.